The molecular formula is C20H26N4OS. The number of rotatable bonds is 6. The van der Waals surface area contributed by atoms with E-state index in [1.54, 1.807) is 11.3 Å². The van der Waals surface area contributed by atoms with Crippen LogP contribution in [-0.4, -0.2) is 52.9 Å². The molecule has 3 fully saturated rings. The van der Waals surface area contributed by atoms with Gasteiger partial charge in [-0.1, -0.05) is 12.1 Å². The lowest BCUT2D eigenvalue weighted by atomic mass is 9.95. The molecule has 0 saturated carbocycles. The molecule has 2 atom stereocenters. The van der Waals surface area contributed by atoms with Gasteiger partial charge in [-0.25, -0.2) is 0 Å². The van der Waals surface area contributed by atoms with E-state index < -0.39 is 0 Å². The number of pyridine rings is 1. The maximum absolute atomic E-state index is 12.4. The zero-order chi connectivity index (χ0) is 17.8. The van der Waals surface area contributed by atoms with Gasteiger partial charge < -0.3 is 5.32 Å². The van der Waals surface area contributed by atoms with Crippen LogP contribution in [0.3, 0.4) is 0 Å². The van der Waals surface area contributed by atoms with Crippen LogP contribution >= 0.6 is 11.3 Å². The SMILES string of the molecule is O=C(CN1C[C@H]2CC[C@@H]1CN(Cc1ccccn1)C2)NCc1cccs1. The van der Waals surface area contributed by atoms with Gasteiger partial charge in [0.05, 0.1) is 18.8 Å². The second-order valence-electron chi connectivity index (χ2n) is 7.40. The maximum Gasteiger partial charge on any atom is 0.234 e. The minimum absolute atomic E-state index is 0.141. The Hall–Kier alpha value is -1.76. The lowest BCUT2D eigenvalue weighted by Gasteiger charge is -2.35. The summed E-state index contributed by atoms with van der Waals surface area (Å²) < 4.78 is 0. The van der Waals surface area contributed by atoms with Crippen molar-refractivity contribution >= 4 is 17.2 Å². The number of fused-ring (bicyclic) bond motifs is 4. The standard InChI is InChI=1S/C20H26N4OS/c25-20(22-10-19-5-3-9-26-19)15-24-12-16-6-7-18(24)14-23(11-16)13-17-4-1-2-8-21-17/h1-5,8-9,16,18H,6-7,10-15H2,(H,22,25)/t16-,18+/m0/s1. The van der Waals surface area contributed by atoms with Crippen molar-refractivity contribution in [1.82, 2.24) is 20.1 Å². The van der Waals surface area contributed by atoms with Crippen LogP contribution in [0.2, 0.25) is 0 Å². The number of piperidine rings is 1. The van der Waals surface area contributed by atoms with Gasteiger partial charge in [-0.05, 0) is 42.3 Å². The van der Waals surface area contributed by atoms with Gasteiger partial charge in [0.15, 0.2) is 0 Å². The van der Waals surface area contributed by atoms with Gasteiger partial charge >= 0.3 is 0 Å². The molecule has 2 aromatic rings. The molecule has 5 nitrogen and oxygen atoms in total. The lowest BCUT2D eigenvalue weighted by Crippen LogP contribution is -2.48. The summed E-state index contributed by atoms with van der Waals surface area (Å²) in [5.74, 6) is 0.796. The lowest BCUT2D eigenvalue weighted by molar-refractivity contribution is -0.123. The maximum atomic E-state index is 12.4. The molecule has 0 radical (unpaired) electrons. The van der Waals surface area contributed by atoms with Gasteiger partial charge in [0.2, 0.25) is 5.91 Å². The highest BCUT2D eigenvalue weighted by Gasteiger charge is 2.35. The van der Waals surface area contributed by atoms with Crippen LogP contribution in [0.5, 0.6) is 0 Å². The number of carbonyl (C=O) groups excluding carboxylic acids is 1. The Labute approximate surface area is 159 Å². The third kappa shape index (κ3) is 4.50. The second-order valence-corrected chi connectivity index (χ2v) is 8.43. The number of nitrogens with zero attached hydrogens (tertiary/aromatic N) is 3. The molecule has 0 spiro atoms. The van der Waals surface area contributed by atoms with Crippen molar-refractivity contribution in [3.63, 3.8) is 0 Å². The molecule has 3 saturated heterocycles. The molecule has 2 aromatic heterocycles. The quantitative estimate of drug-likeness (QED) is 0.848. The third-order valence-corrected chi connectivity index (χ3v) is 6.28. The first-order valence-electron chi connectivity index (χ1n) is 9.41. The van der Waals surface area contributed by atoms with E-state index >= 15 is 0 Å². The van der Waals surface area contributed by atoms with Crippen LogP contribution in [0.4, 0.5) is 0 Å². The summed E-state index contributed by atoms with van der Waals surface area (Å²) in [6.07, 6.45) is 4.34. The average Bonchev–Trinajstić information content (AvgIpc) is 3.03. The molecule has 3 aliphatic rings. The highest BCUT2D eigenvalue weighted by Crippen LogP contribution is 2.28. The van der Waals surface area contributed by atoms with Crippen LogP contribution in [0, 0.1) is 5.92 Å². The molecule has 1 N–H and O–H groups in total. The highest BCUT2D eigenvalue weighted by atomic mass is 32.1. The summed E-state index contributed by atoms with van der Waals surface area (Å²) >= 11 is 1.69. The number of hydrogen-bond donors (Lipinski definition) is 1. The molecule has 5 heterocycles. The fourth-order valence-corrected chi connectivity index (χ4v) is 4.80. The molecule has 0 aromatic carbocycles. The van der Waals surface area contributed by atoms with Crippen LogP contribution in [0.1, 0.15) is 23.4 Å². The Kier molecular flexibility index (Phi) is 5.62. The van der Waals surface area contributed by atoms with Crippen LogP contribution < -0.4 is 5.32 Å². The Morgan fingerprint density at radius 2 is 2.15 bits per heavy atom. The van der Waals surface area contributed by atoms with Gasteiger partial charge in [0, 0.05) is 43.3 Å². The Balaban J connectivity index is 1.32. The average molecular weight is 371 g/mol. The normalized spacial score (nSPS) is 23.7. The van der Waals surface area contributed by atoms with Crippen molar-refractivity contribution in [3.05, 3.63) is 52.5 Å². The molecule has 138 valence electrons. The summed E-state index contributed by atoms with van der Waals surface area (Å²) in [5.41, 5.74) is 1.13. The van der Waals surface area contributed by atoms with Gasteiger partial charge in [0.25, 0.3) is 0 Å². The summed E-state index contributed by atoms with van der Waals surface area (Å²) in [5, 5.41) is 5.12. The van der Waals surface area contributed by atoms with Crippen molar-refractivity contribution in [1.29, 1.82) is 0 Å². The Morgan fingerprint density at radius 1 is 1.19 bits per heavy atom. The number of amides is 1. The number of nitrogens with one attached hydrogen (secondary N) is 1. The number of hydrogen-bond acceptors (Lipinski definition) is 5. The van der Waals surface area contributed by atoms with E-state index in [4.69, 9.17) is 0 Å². The topological polar surface area (TPSA) is 48.5 Å². The molecule has 2 bridgehead atoms. The third-order valence-electron chi connectivity index (χ3n) is 5.40. The minimum Gasteiger partial charge on any atom is -0.350 e. The van der Waals surface area contributed by atoms with E-state index in [0.717, 1.165) is 31.9 Å². The second kappa shape index (κ2) is 8.29. The van der Waals surface area contributed by atoms with Gasteiger partial charge in [-0.15, -0.1) is 11.3 Å². The summed E-state index contributed by atoms with van der Waals surface area (Å²) in [6, 6.07) is 10.7. The number of thiophene rings is 1. The molecule has 0 aliphatic carbocycles. The van der Waals surface area contributed by atoms with Crippen molar-refractivity contribution in [2.45, 2.75) is 32.0 Å². The zero-order valence-electron chi connectivity index (χ0n) is 15.0. The largest absolute Gasteiger partial charge is 0.350 e. The zero-order valence-corrected chi connectivity index (χ0v) is 15.8. The fraction of sp³-hybridized carbons (Fsp3) is 0.500. The monoisotopic (exact) mass is 370 g/mol. The van der Waals surface area contributed by atoms with E-state index in [-0.39, 0.29) is 5.91 Å². The smallest absolute Gasteiger partial charge is 0.234 e. The molecular weight excluding hydrogens is 344 g/mol. The molecule has 1 amide bonds. The predicted octanol–water partition coefficient (Wildman–Crippen LogP) is 2.36. The van der Waals surface area contributed by atoms with Crippen LogP contribution in [-0.2, 0) is 17.9 Å². The molecule has 26 heavy (non-hydrogen) atoms. The van der Waals surface area contributed by atoms with Crippen molar-refractivity contribution in [3.8, 4) is 0 Å². The molecule has 0 unspecified atom stereocenters. The Morgan fingerprint density at radius 3 is 2.96 bits per heavy atom. The van der Waals surface area contributed by atoms with E-state index in [0.29, 0.717) is 25.0 Å². The summed E-state index contributed by atoms with van der Waals surface area (Å²) in [4.78, 5) is 23.0. The summed E-state index contributed by atoms with van der Waals surface area (Å²) in [6.45, 7) is 5.25. The fourth-order valence-electron chi connectivity index (χ4n) is 4.16. The first kappa shape index (κ1) is 17.6. The molecule has 5 rings (SSSR count). The van der Waals surface area contributed by atoms with Gasteiger partial charge in [0.1, 0.15) is 0 Å². The predicted molar refractivity (Wildman–Crippen MR) is 104 cm³/mol. The van der Waals surface area contributed by atoms with Crippen LogP contribution in [0.25, 0.3) is 0 Å². The van der Waals surface area contributed by atoms with Crippen molar-refractivity contribution in [2.24, 2.45) is 5.92 Å². The number of carbonyl (C=O) groups is 1. The van der Waals surface area contributed by atoms with E-state index in [1.165, 1.54) is 17.7 Å². The number of aromatic nitrogens is 1. The minimum atomic E-state index is 0.141. The molecule has 6 heteroatoms. The van der Waals surface area contributed by atoms with E-state index in [1.807, 2.05) is 23.7 Å². The summed E-state index contributed by atoms with van der Waals surface area (Å²) in [7, 11) is 0. The Bertz CT molecular complexity index is 706. The van der Waals surface area contributed by atoms with Crippen molar-refractivity contribution in [2.75, 3.05) is 26.2 Å². The first-order chi connectivity index (χ1) is 12.8. The van der Waals surface area contributed by atoms with Crippen molar-refractivity contribution < 1.29 is 4.79 Å². The highest BCUT2D eigenvalue weighted by molar-refractivity contribution is 7.09. The first-order valence-corrected chi connectivity index (χ1v) is 10.3. The van der Waals surface area contributed by atoms with Crippen LogP contribution in [0.15, 0.2) is 41.9 Å². The molecule has 3 aliphatic heterocycles. The van der Waals surface area contributed by atoms with E-state index in [2.05, 4.69) is 38.3 Å². The van der Waals surface area contributed by atoms with E-state index in [9.17, 15) is 4.79 Å². The van der Waals surface area contributed by atoms with Gasteiger partial charge in [-0.3, -0.25) is 19.6 Å². The van der Waals surface area contributed by atoms with Gasteiger partial charge in [-0.2, -0.15) is 0 Å².